The minimum Gasteiger partial charge on any atom is -0.507 e. The summed E-state index contributed by atoms with van der Waals surface area (Å²) in [6.07, 6.45) is 0. The van der Waals surface area contributed by atoms with Crippen LogP contribution >= 0.6 is 46.1 Å². The van der Waals surface area contributed by atoms with Crippen LogP contribution in [-0.2, 0) is 9.59 Å². The van der Waals surface area contributed by atoms with E-state index in [1.807, 2.05) is 19.1 Å². The zero-order valence-electron chi connectivity index (χ0n) is 17.6. The number of rotatable bonds is 3. The third-order valence-electron chi connectivity index (χ3n) is 5.57. The van der Waals surface area contributed by atoms with Crippen molar-refractivity contribution in [1.29, 1.82) is 0 Å². The number of thiazole rings is 1. The molecule has 1 amide bonds. The van der Waals surface area contributed by atoms with Crippen molar-refractivity contribution in [3.05, 3.63) is 98.0 Å². The molecule has 34 heavy (non-hydrogen) atoms. The van der Waals surface area contributed by atoms with Crippen LogP contribution in [-0.4, -0.2) is 21.8 Å². The lowest BCUT2D eigenvalue weighted by Gasteiger charge is -2.23. The fourth-order valence-electron chi connectivity index (χ4n) is 3.88. The monoisotopic (exact) mass is 528 g/mol. The Morgan fingerprint density at radius 2 is 1.71 bits per heavy atom. The van der Waals surface area contributed by atoms with Gasteiger partial charge in [-0.2, -0.15) is 0 Å². The van der Waals surface area contributed by atoms with Crippen LogP contribution in [0, 0.1) is 6.92 Å². The third-order valence-corrected chi connectivity index (χ3v) is 7.57. The maximum Gasteiger partial charge on any atom is 0.301 e. The van der Waals surface area contributed by atoms with Gasteiger partial charge in [-0.25, -0.2) is 4.98 Å². The fraction of sp³-hybridized carbons (Fsp3) is 0.0800. The number of ketones is 1. The van der Waals surface area contributed by atoms with Gasteiger partial charge in [-0.1, -0.05) is 82.0 Å². The molecule has 5 nitrogen and oxygen atoms in total. The van der Waals surface area contributed by atoms with Gasteiger partial charge in [0, 0.05) is 10.6 Å². The molecule has 1 fully saturated rings. The van der Waals surface area contributed by atoms with Crippen LogP contribution in [0.2, 0.25) is 15.1 Å². The lowest BCUT2D eigenvalue weighted by Crippen LogP contribution is -2.29. The number of hydrogen-bond acceptors (Lipinski definition) is 5. The summed E-state index contributed by atoms with van der Waals surface area (Å²) in [5.74, 6) is -1.89. The number of fused-ring (bicyclic) bond motifs is 1. The van der Waals surface area contributed by atoms with Crippen LogP contribution in [0.4, 0.5) is 5.13 Å². The van der Waals surface area contributed by atoms with Crippen LogP contribution in [0.3, 0.4) is 0 Å². The molecule has 1 aromatic heterocycles. The van der Waals surface area contributed by atoms with Gasteiger partial charge < -0.3 is 5.11 Å². The molecule has 4 aromatic rings. The normalized spacial score (nSPS) is 17.6. The second kappa shape index (κ2) is 8.71. The maximum atomic E-state index is 13.3. The topological polar surface area (TPSA) is 70.5 Å². The molecule has 1 aliphatic heterocycles. The van der Waals surface area contributed by atoms with Crippen LogP contribution < -0.4 is 4.90 Å². The van der Waals surface area contributed by atoms with E-state index >= 15 is 0 Å². The van der Waals surface area contributed by atoms with Gasteiger partial charge in [0.2, 0.25) is 0 Å². The standard InChI is InChI=1S/C25H15Cl3N2O3S/c1-12-2-4-13(5-3-12)22(31)20-21(14-6-8-16(27)17(28)10-14)30(24(33)23(20)32)25-29-18-9-7-15(26)11-19(18)34-25/h2-11,21,31H,1H3/b22-20+. The number of benzene rings is 3. The number of anilines is 1. The Bertz CT molecular complexity index is 1510. The number of Topliss-reactive ketones (excluding diaryl/α,β-unsaturated/α-hetero) is 1. The highest BCUT2D eigenvalue weighted by atomic mass is 35.5. The van der Waals surface area contributed by atoms with Gasteiger partial charge in [0.25, 0.3) is 5.78 Å². The Kier molecular flexibility index (Phi) is 5.86. The predicted octanol–water partition coefficient (Wildman–Crippen LogP) is 7.19. The summed E-state index contributed by atoms with van der Waals surface area (Å²) in [6, 6.07) is 16.1. The largest absolute Gasteiger partial charge is 0.507 e. The highest BCUT2D eigenvalue weighted by Gasteiger charge is 2.48. The number of aliphatic hydroxyl groups excluding tert-OH is 1. The average molecular weight is 530 g/mol. The Labute approximate surface area is 213 Å². The van der Waals surface area contributed by atoms with Crippen molar-refractivity contribution < 1.29 is 14.7 Å². The minimum absolute atomic E-state index is 0.0514. The second-order valence-electron chi connectivity index (χ2n) is 7.82. The van der Waals surface area contributed by atoms with Crippen molar-refractivity contribution in [2.45, 2.75) is 13.0 Å². The van der Waals surface area contributed by atoms with Crippen molar-refractivity contribution >= 4 is 78.9 Å². The van der Waals surface area contributed by atoms with Gasteiger partial charge in [-0.05, 0) is 42.8 Å². The van der Waals surface area contributed by atoms with E-state index in [-0.39, 0.29) is 16.4 Å². The highest BCUT2D eigenvalue weighted by molar-refractivity contribution is 7.22. The van der Waals surface area contributed by atoms with E-state index in [2.05, 4.69) is 4.98 Å². The first-order chi connectivity index (χ1) is 16.2. The van der Waals surface area contributed by atoms with Gasteiger partial charge in [0.05, 0.1) is 31.9 Å². The van der Waals surface area contributed by atoms with Crippen LogP contribution in [0.1, 0.15) is 22.7 Å². The van der Waals surface area contributed by atoms with Crippen LogP contribution in [0.5, 0.6) is 0 Å². The molecule has 9 heteroatoms. The van der Waals surface area contributed by atoms with E-state index in [0.717, 1.165) is 10.3 Å². The Hall–Kier alpha value is -2.90. The first-order valence-electron chi connectivity index (χ1n) is 10.1. The van der Waals surface area contributed by atoms with E-state index in [9.17, 15) is 14.7 Å². The van der Waals surface area contributed by atoms with Crippen molar-refractivity contribution in [1.82, 2.24) is 4.98 Å². The first-order valence-corrected chi connectivity index (χ1v) is 12.1. The van der Waals surface area contributed by atoms with Crippen molar-refractivity contribution in [2.24, 2.45) is 0 Å². The lowest BCUT2D eigenvalue weighted by molar-refractivity contribution is -0.132. The molecule has 1 N–H and O–H groups in total. The molecule has 1 aliphatic rings. The van der Waals surface area contributed by atoms with Gasteiger partial charge in [-0.3, -0.25) is 14.5 Å². The Morgan fingerprint density at radius 1 is 0.971 bits per heavy atom. The molecular weight excluding hydrogens is 515 g/mol. The molecule has 0 aliphatic carbocycles. The SMILES string of the molecule is Cc1ccc(/C(O)=C2\C(=O)C(=O)N(c3nc4ccc(Cl)cc4s3)C2c2ccc(Cl)c(Cl)c2)cc1. The Morgan fingerprint density at radius 3 is 2.41 bits per heavy atom. The van der Waals surface area contributed by atoms with Crippen LogP contribution in [0.15, 0.2) is 66.2 Å². The molecular formula is C25H15Cl3N2O3S. The van der Waals surface area contributed by atoms with Crippen molar-refractivity contribution in [2.75, 3.05) is 4.90 Å². The van der Waals surface area contributed by atoms with Gasteiger partial charge >= 0.3 is 5.91 Å². The zero-order valence-corrected chi connectivity index (χ0v) is 20.6. The summed E-state index contributed by atoms with van der Waals surface area (Å²) in [4.78, 5) is 32.4. The van der Waals surface area contributed by atoms with E-state index < -0.39 is 17.7 Å². The molecule has 1 atom stereocenters. The minimum atomic E-state index is -0.952. The summed E-state index contributed by atoms with van der Waals surface area (Å²) < 4.78 is 0.760. The van der Waals surface area contributed by atoms with Crippen LogP contribution in [0.25, 0.3) is 16.0 Å². The quantitative estimate of drug-likeness (QED) is 0.173. The van der Waals surface area contributed by atoms with Gasteiger partial charge in [0.15, 0.2) is 5.13 Å². The number of nitrogens with zero attached hydrogens (tertiary/aromatic N) is 2. The van der Waals surface area contributed by atoms with Gasteiger partial charge in [-0.15, -0.1) is 0 Å². The molecule has 0 radical (unpaired) electrons. The van der Waals surface area contributed by atoms with E-state index in [0.29, 0.717) is 31.8 Å². The molecule has 0 saturated carbocycles. The number of halogens is 3. The van der Waals surface area contributed by atoms with Gasteiger partial charge in [0.1, 0.15) is 5.76 Å². The number of aliphatic hydroxyl groups is 1. The summed E-state index contributed by atoms with van der Waals surface area (Å²) in [5, 5.41) is 12.6. The molecule has 170 valence electrons. The summed E-state index contributed by atoms with van der Waals surface area (Å²) >= 11 is 19.7. The van der Waals surface area contributed by atoms with E-state index in [4.69, 9.17) is 34.8 Å². The number of amides is 1. The second-order valence-corrected chi connectivity index (χ2v) is 10.1. The molecule has 0 bridgehead atoms. The summed E-state index contributed by atoms with van der Waals surface area (Å²) in [6.45, 7) is 1.91. The predicted molar refractivity (Wildman–Crippen MR) is 137 cm³/mol. The molecule has 1 saturated heterocycles. The van der Waals surface area contributed by atoms with Crippen molar-refractivity contribution in [3.63, 3.8) is 0 Å². The zero-order chi connectivity index (χ0) is 24.1. The van der Waals surface area contributed by atoms with Crippen molar-refractivity contribution in [3.8, 4) is 0 Å². The summed E-state index contributed by atoms with van der Waals surface area (Å²) in [5.41, 5.74) is 2.51. The Balaban J connectivity index is 1.74. The average Bonchev–Trinajstić information content (AvgIpc) is 3.33. The number of aryl methyl sites for hydroxylation is 1. The molecule has 5 rings (SSSR count). The molecule has 3 aromatic carbocycles. The highest BCUT2D eigenvalue weighted by Crippen LogP contribution is 2.45. The van der Waals surface area contributed by atoms with E-state index in [1.54, 1.807) is 48.5 Å². The molecule has 2 heterocycles. The lowest BCUT2D eigenvalue weighted by atomic mass is 9.95. The number of aromatic nitrogens is 1. The number of carbonyl (C=O) groups is 2. The smallest absolute Gasteiger partial charge is 0.301 e. The number of hydrogen-bond donors (Lipinski definition) is 1. The first kappa shape index (κ1) is 22.9. The molecule has 0 spiro atoms. The molecule has 1 unspecified atom stereocenters. The summed E-state index contributed by atoms with van der Waals surface area (Å²) in [7, 11) is 0. The maximum absolute atomic E-state index is 13.3. The van der Waals surface area contributed by atoms with E-state index in [1.165, 1.54) is 16.2 Å². The third kappa shape index (κ3) is 3.87. The fourth-order valence-corrected chi connectivity index (χ4v) is 5.46. The number of carbonyl (C=O) groups excluding carboxylic acids is 2.